The van der Waals surface area contributed by atoms with Gasteiger partial charge >= 0.3 is 0 Å². The molecule has 0 saturated heterocycles. The third-order valence-electron chi connectivity index (χ3n) is 2.40. The molecule has 0 aliphatic heterocycles. The van der Waals surface area contributed by atoms with Crippen LogP contribution in [0.2, 0.25) is 0 Å². The van der Waals surface area contributed by atoms with Gasteiger partial charge in [0.25, 0.3) is 0 Å². The van der Waals surface area contributed by atoms with E-state index in [1.807, 2.05) is 58.0 Å². The van der Waals surface area contributed by atoms with Crippen LogP contribution in [0.5, 0.6) is 0 Å². The number of rotatable bonds is 2. The molecular formula is C15H17NO. The first-order valence-electron chi connectivity index (χ1n) is 5.58. The van der Waals surface area contributed by atoms with E-state index in [2.05, 4.69) is 0 Å². The Morgan fingerprint density at radius 1 is 1.35 bits per heavy atom. The van der Waals surface area contributed by atoms with Crippen molar-refractivity contribution in [3.8, 4) is 6.07 Å². The number of nitriles is 1. The highest BCUT2D eigenvalue weighted by Crippen LogP contribution is 2.21. The van der Waals surface area contributed by atoms with Gasteiger partial charge in [-0.15, -0.1) is 0 Å². The lowest BCUT2D eigenvalue weighted by atomic mass is 9.86. The molecule has 0 aliphatic carbocycles. The molecule has 0 amide bonds. The molecule has 88 valence electrons. The molecule has 0 N–H and O–H groups in total. The van der Waals surface area contributed by atoms with Crippen molar-refractivity contribution in [2.45, 2.75) is 27.7 Å². The highest BCUT2D eigenvalue weighted by atomic mass is 16.1. The molecule has 0 fully saturated rings. The van der Waals surface area contributed by atoms with Crippen molar-refractivity contribution in [1.29, 1.82) is 5.26 Å². The number of ketones is 1. The zero-order valence-electron chi connectivity index (χ0n) is 10.7. The normalized spacial score (nSPS) is 12.1. The second-order valence-electron chi connectivity index (χ2n) is 5.16. The van der Waals surface area contributed by atoms with Crippen LogP contribution in [-0.2, 0) is 4.79 Å². The Kier molecular flexibility index (Phi) is 3.85. The maximum Gasteiger partial charge on any atom is 0.178 e. The maximum absolute atomic E-state index is 12.0. The molecule has 2 heteroatoms. The summed E-state index contributed by atoms with van der Waals surface area (Å²) in [7, 11) is 0. The number of carbonyl (C=O) groups excluding carboxylic acids is 1. The largest absolute Gasteiger partial charge is 0.293 e. The molecule has 1 aromatic rings. The SMILES string of the molecule is Cc1cccc(/C=C(\C#N)C(=O)C(C)(C)C)c1. The second-order valence-corrected chi connectivity index (χ2v) is 5.16. The fourth-order valence-electron chi connectivity index (χ4n) is 1.48. The third-order valence-corrected chi connectivity index (χ3v) is 2.40. The smallest absolute Gasteiger partial charge is 0.178 e. The van der Waals surface area contributed by atoms with Gasteiger partial charge in [0.05, 0.1) is 5.57 Å². The summed E-state index contributed by atoms with van der Waals surface area (Å²) in [6.45, 7) is 7.43. The number of nitrogens with zero attached hydrogens (tertiary/aromatic N) is 1. The summed E-state index contributed by atoms with van der Waals surface area (Å²) in [4.78, 5) is 12.0. The van der Waals surface area contributed by atoms with Gasteiger partial charge in [0.2, 0.25) is 0 Å². The molecule has 2 nitrogen and oxygen atoms in total. The van der Waals surface area contributed by atoms with E-state index in [0.717, 1.165) is 11.1 Å². The van der Waals surface area contributed by atoms with E-state index in [-0.39, 0.29) is 11.4 Å². The lowest BCUT2D eigenvalue weighted by molar-refractivity contribution is -0.121. The summed E-state index contributed by atoms with van der Waals surface area (Å²) >= 11 is 0. The maximum atomic E-state index is 12.0. The average Bonchev–Trinajstić information content (AvgIpc) is 2.24. The molecule has 0 radical (unpaired) electrons. The Morgan fingerprint density at radius 3 is 2.47 bits per heavy atom. The van der Waals surface area contributed by atoms with Crippen molar-refractivity contribution >= 4 is 11.9 Å². The molecular weight excluding hydrogens is 210 g/mol. The van der Waals surface area contributed by atoms with Gasteiger partial charge in [0.15, 0.2) is 5.78 Å². The van der Waals surface area contributed by atoms with Crippen LogP contribution in [0.25, 0.3) is 6.08 Å². The van der Waals surface area contributed by atoms with Gasteiger partial charge in [0, 0.05) is 5.41 Å². The van der Waals surface area contributed by atoms with Crippen LogP contribution in [0.1, 0.15) is 31.9 Å². The minimum Gasteiger partial charge on any atom is -0.293 e. The molecule has 1 rings (SSSR count). The van der Waals surface area contributed by atoms with Gasteiger partial charge in [-0.2, -0.15) is 5.26 Å². The van der Waals surface area contributed by atoms with Crippen LogP contribution in [0, 0.1) is 23.7 Å². The molecule has 17 heavy (non-hydrogen) atoms. The van der Waals surface area contributed by atoms with Crippen LogP contribution >= 0.6 is 0 Å². The van der Waals surface area contributed by atoms with Crippen molar-refractivity contribution in [3.05, 3.63) is 41.0 Å². The van der Waals surface area contributed by atoms with Crippen molar-refractivity contribution in [1.82, 2.24) is 0 Å². The number of hydrogen-bond donors (Lipinski definition) is 0. The Hall–Kier alpha value is -1.88. The Balaban J connectivity index is 3.13. The first-order chi connectivity index (χ1) is 7.84. The first-order valence-corrected chi connectivity index (χ1v) is 5.58. The number of Topliss-reactive ketones (excluding diaryl/α,β-unsaturated/α-hetero) is 1. The van der Waals surface area contributed by atoms with E-state index < -0.39 is 5.41 Å². The standard InChI is InChI=1S/C15H17NO/c1-11-6-5-7-12(8-11)9-13(10-16)14(17)15(2,3)4/h5-9H,1-4H3/b13-9+. The molecule has 0 unspecified atom stereocenters. The molecule has 0 saturated carbocycles. The fourth-order valence-corrected chi connectivity index (χ4v) is 1.48. The lowest BCUT2D eigenvalue weighted by Gasteiger charge is -2.15. The molecule has 0 spiro atoms. The van der Waals surface area contributed by atoms with E-state index in [9.17, 15) is 4.79 Å². The molecule has 0 heterocycles. The summed E-state index contributed by atoms with van der Waals surface area (Å²) in [6, 6.07) is 9.72. The molecule has 1 aromatic carbocycles. The topological polar surface area (TPSA) is 40.9 Å². The van der Waals surface area contributed by atoms with Crippen LogP contribution in [-0.4, -0.2) is 5.78 Å². The molecule has 0 atom stereocenters. The zero-order valence-corrected chi connectivity index (χ0v) is 10.7. The summed E-state index contributed by atoms with van der Waals surface area (Å²) in [5.41, 5.74) is 1.69. The van der Waals surface area contributed by atoms with Gasteiger partial charge < -0.3 is 0 Å². The minimum atomic E-state index is -0.522. The second kappa shape index (κ2) is 4.97. The van der Waals surface area contributed by atoms with Gasteiger partial charge in [0.1, 0.15) is 6.07 Å². The van der Waals surface area contributed by atoms with Gasteiger partial charge in [-0.1, -0.05) is 50.6 Å². The van der Waals surface area contributed by atoms with Crippen molar-refractivity contribution in [2.24, 2.45) is 5.41 Å². The van der Waals surface area contributed by atoms with Crippen molar-refractivity contribution < 1.29 is 4.79 Å². The number of benzene rings is 1. The number of aryl methyl sites for hydroxylation is 1. The first kappa shape index (κ1) is 13.2. The predicted molar refractivity (Wildman–Crippen MR) is 69.2 cm³/mol. The van der Waals surface area contributed by atoms with E-state index in [1.54, 1.807) is 6.08 Å². The van der Waals surface area contributed by atoms with Crippen molar-refractivity contribution in [2.75, 3.05) is 0 Å². The fraction of sp³-hybridized carbons (Fsp3) is 0.333. The van der Waals surface area contributed by atoms with Crippen molar-refractivity contribution in [3.63, 3.8) is 0 Å². The zero-order chi connectivity index (χ0) is 13.1. The quantitative estimate of drug-likeness (QED) is 0.573. The summed E-state index contributed by atoms with van der Waals surface area (Å²) in [5, 5.41) is 9.05. The molecule has 0 bridgehead atoms. The predicted octanol–water partition coefficient (Wildman–Crippen LogP) is 3.52. The van der Waals surface area contributed by atoms with E-state index in [1.165, 1.54) is 0 Å². The van der Waals surface area contributed by atoms with Gasteiger partial charge in [-0.05, 0) is 18.6 Å². The van der Waals surface area contributed by atoms with E-state index in [0.29, 0.717) is 0 Å². The molecule has 0 aliphatic rings. The minimum absolute atomic E-state index is 0.124. The Morgan fingerprint density at radius 2 is 2.00 bits per heavy atom. The van der Waals surface area contributed by atoms with Crippen LogP contribution < -0.4 is 0 Å². The number of hydrogen-bond acceptors (Lipinski definition) is 2. The van der Waals surface area contributed by atoms with E-state index >= 15 is 0 Å². The number of allylic oxidation sites excluding steroid dienone is 1. The van der Waals surface area contributed by atoms with E-state index in [4.69, 9.17) is 5.26 Å². The van der Waals surface area contributed by atoms with Gasteiger partial charge in [-0.3, -0.25) is 4.79 Å². The van der Waals surface area contributed by atoms with Crippen LogP contribution in [0.4, 0.5) is 0 Å². The summed E-state index contributed by atoms with van der Waals surface area (Å²) in [6.07, 6.45) is 1.65. The Bertz CT molecular complexity index is 498. The summed E-state index contributed by atoms with van der Waals surface area (Å²) in [5.74, 6) is -0.124. The highest BCUT2D eigenvalue weighted by Gasteiger charge is 2.24. The highest BCUT2D eigenvalue weighted by molar-refractivity contribution is 6.06. The molecule has 0 aromatic heterocycles. The van der Waals surface area contributed by atoms with Gasteiger partial charge in [-0.25, -0.2) is 0 Å². The average molecular weight is 227 g/mol. The summed E-state index contributed by atoms with van der Waals surface area (Å²) < 4.78 is 0. The lowest BCUT2D eigenvalue weighted by Crippen LogP contribution is -2.21. The van der Waals surface area contributed by atoms with Crippen LogP contribution in [0.3, 0.4) is 0 Å². The monoisotopic (exact) mass is 227 g/mol. The number of carbonyl (C=O) groups is 1. The van der Waals surface area contributed by atoms with Crippen LogP contribution in [0.15, 0.2) is 29.8 Å². The Labute approximate surface area is 103 Å². The third kappa shape index (κ3) is 3.57.